The number of hydrogen-bond acceptors (Lipinski definition) is 3. The molecule has 0 aliphatic rings. The van der Waals surface area contributed by atoms with E-state index in [1.807, 2.05) is 0 Å². The molecule has 1 aromatic carbocycles. The van der Waals surface area contributed by atoms with E-state index in [2.05, 4.69) is 0 Å². The van der Waals surface area contributed by atoms with E-state index >= 15 is 0 Å². The van der Waals surface area contributed by atoms with Gasteiger partial charge in [-0.05, 0) is 50.6 Å². The Balaban J connectivity index is 3.12. The lowest BCUT2D eigenvalue weighted by Crippen LogP contribution is -2.21. The molecule has 0 aliphatic carbocycles. The molecule has 1 rings (SSSR count). The zero-order valence-corrected chi connectivity index (χ0v) is 11.0. The SMILES string of the molecule is Cc1cc(S(=O)(=O)C(C)CCN)ccc1Cl. The van der Waals surface area contributed by atoms with Gasteiger partial charge in [-0.1, -0.05) is 11.6 Å². The molecule has 0 heterocycles. The monoisotopic (exact) mass is 261 g/mol. The Hall–Kier alpha value is -0.580. The van der Waals surface area contributed by atoms with Gasteiger partial charge in [0.1, 0.15) is 0 Å². The van der Waals surface area contributed by atoms with Crippen LogP contribution in [0.5, 0.6) is 0 Å². The quantitative estimate of drug-likeness (QED) is 0.904. The minimum Gasteiger partial charge on any atom is -0.330 e. The highest BCUT2D eigenvalue weighted by atomic mass is 35.5. The first-order valence-corrected chi connectivity index (χ1v) is 7.02. The standard InChI is InChI=1S/C11H16ClNO2S/c1-8-7-10(3-4-11(8)12)16(14,15)9(2)5-6-13/h3-4,7,9H,5-6,13H2,1-2H3. The fourth-order valence-electron chi connectivity index (χ4n) is 1.42. The van der Waals surface area contributed by atoms with Crippen LogP contribution in [0, 0.1) is 6.92 Å². The number of halogens is 1. The molecule has 0 bridgehead atoms. The van der Waals surface area contributed by atoms with Crippen LogP contribution < -0.4 is 5.73 Å². The summed E-state index contributed by atoms with van der Waals surface area (Å²) in [6.45, 7) is 3.83. The lowest BCUT2D eigenvalue weighted by molar-refractivity contribution is 0.578. The molecule has 3 nitrogen and oxygen atoms in total. The summed E-state index contributed by atoms with van der Waals surface area (Å²) in [5.74, 6) is 0. The van der Waals surface area contributed by atoms with E-state index in [0.29, 0.717) is 22.9 Å². The second-order valence-corrected chi connectivity index (χ2v) is 6.62. The molecule has 1 atom stereocenters. The van der Waals surface area contributed by atoms with Crippen molar-refractivity contribution in [2.24, 2.45) is 5.73 Å². The van der Waals surface area contributed by atoms with Crippen molar-refractivity contribution in [3.05, 3.63) is 28.8 Å². The van der Waals surface area contributed by atoms with Crippen LogP contribution in [0.1, 0.15) is 18.9 Å². The van der Waals surface area contributed by atoms with Crippen LogP contribution >= 0.6 is 11.6 Å². The highest BCUT2D eigenvalue weighted by Gasteiger charge is 2.22. The Bertz CT molecular complexity index is 471. The maximum absolute atomic E-state index is 12.1. The minimum atomic E-state index is -3.28. The molecule has 5 heteroatoms. The molecule has 0 aliphatic heterocycles. The summed E-state index contributed by atoms with van der Waals surface area (Å²) in [5, 5.41) is 0.114. The molecule has 0 spiro atoms. The first-order valence-electron chi connectivity index (χ1n) is 5.09. The highest BCUT2D eigenvalue weighted by Crippen LogP contribution is 2.23. The third-order valence-corrected chi connectivity index (χ3v) is 5.19. The first-order chi connectivity index (χ1) is 7.39. The molecular weight excluding hydrogens is 246 g/mol. The smallest absolute Gasteiger partial charge is 0.181 e. The van der Waals surface area contributed by atoms with Gasteiger partial charge in [-0.25, -0.2) is 8.42 Å². The van der Waals surface area contributed by atoms with E-state index in [9.17, 15) is 8.42 Å². The first kappa shape index (κ1) is 13.5. The second kappa shape index (κ2) is 5.17. The molecule has 0 aromatic heterocycles. The number of rotatable bonds is 4. The molecule has 16 heavy (non-hydrogen) atoms. The molecule has 0 saturated heterocycles. The maximum atomic E-state index is 12.1. The van der Waals surface area contributed by atoms with Gasteiger partial charge in [0.15, 0.2) is 9.84 Å². The van der Waals surface area contributed by atoms with Crippen molar-refractivity contribution in [2.45, 2.75) is 30.4 Å². The molecule has 1 aromatic rings. The predicted octanol–water partition coefficient (Wildman–Crippen LogP) is 2.16. The van der Waals surface area contributed by atoms with Crippen LogP contribution in [-0.2, 0) is 9.84 Å². The summed E-state index contributed by atoms with van der Waals surface area (Å²) in [7, 11) is -3.28. The molecule has 1 unspecified atom stereocenters. The lowest BCUT2D eigenvalue weighted by Gasteiger charge is -2.12. The van der Waals surface area contributed by atoms with Gasteiger partial charge in [0.2, 0.25) is 0 Å². The van der Waals surface area contributed by atoms with Gasteiger partial charge >= 0.3 is 0 Å². The Morgan fingerprint density at radius 2 is 2.06 bits per heavy atom. The number of aryl methyl sites for hydroxylation is 1. The summed E-state index contributed by atoms with van der Waals surface area (Å²) < 4.78 is 24.2. The Morgan fingerprint density at radius 1 is 1.44 bits per heavy atom. The predicted molar refractivity (Wildman–Crippen MR) is 66.5 cm³/mol. The van der Waals surface area contributed by atoms with Gasteiger partial charge in [-0.15, -0.1) is 0 Å². The van der Waals surface area contributed by atoms with Crippen LogP contribution in [0.3, 0.4) is 0 Å². The van der Waals surface area contributed by atoms with Crippen LogP contribution in [0.4, 0.5) is 0 Å². The van der Waals surface area contributed by atoms with Crippen LogP contribution in [0.2, 0.25) is 5.02 Å². The minimum absolute atomic E-state index is 0.315. The second-order valence-electron chi connectivity index (χ2n) is 3.84. The van der Waals surface area contributed by atoms with Crippen LogP contribution in [0.25, 0.3) is 0 Å². The average Bonchev–Trinajstić information content (AvgIpc) is 2.22. The Labute approximate surface area is 102 Å². The number of sulfone groups is 1. The molecule has 90 valence electrons. The van der Waals surface area contributed by atoms with Crippen molar-refractivity contribution >= 4 is 21.4 Å². The summed E-state index contributed by atoms with van der Waals surface area (Å²) in [6, 6.07) is 4.75. The van der Waals surface area contributed by atoms with Crippen molar-refractivity contribution in [3.63, 3.8) is 0 Å². The summed E-state index contributed by atoms with van der Waals surface area (Å²) in [4.78, 5) is 0.315. The topological polar surface area (TPSA) is 60.2 Å². The molecular formula is C11H16ClNO2S. The summed E-state index contributed by atoms with van der Waals surface area (Å²) >= 11 is 5.86. The molecule has 0 fully saturated rings. The highest BCUT2D eigenvalue weighted by molar-refractivity contribution is 7.92. The largest absolute Gasteiger partial charge is 0.330 e. The third kappa shape index (κ3) is 2.75. The van der Waals surface area contributed by atoms with Gasteiger partial charge in [0.25, 0.3) is 0 Å². The van der Waals surface area contributed by atoms with Gasteiger partial charge in [-0.3, -0.25) is 0 Å². The van der Waals surface area contributed by atoms with E-state index in [4.69, 9.17) is 17.3 Å². The van der Waals surface area contributed by atoms with Crippen molar-refractivity contribution in [2.75, 3.05) is 6.54 Å². The average molecular weight is 262 g/mol. The van der Waals surface area contributed by atoms with Gasteiger partial charge in [-0.2, -0.15) is 0 Å². The molecule has 0 amide bonds. The number of benzene rings is 1. The van der Waals surface area contributed by atoms with Gasteiger partial charge < -0.3 is 5.73 Å². The van der Waals surface area contributed by atoms with Crippen molar-refractivity contribution in [1.82, 2.24) is 0 Å². The van der Waals surface area contributed by atoms with Crippen LogP contribution in [0.15, 0.2) is 23.1 Å². The van der Waals surface area contributed by atoms with E-state index in [1.165, 1.54) is 6.07 Å². The Kier molecular flexibility index (Phi) is 4.35. The number of hydrogen-bond donors (Lipinski definition) is 1. The maximum Gasteiger partial charge on any atom is 0.181 e. The fourth-order valence-corrected chi connectivity index (χ4v) is 3.04. The van der Waals surface area contributed by atoms with Gasteiger partial charge in [0.05, 0.1) is 10.1 Å². The molecule has 0 saturated carbocycles. The molecule has 0 radical (unpaired) electrons. The lowest BCUT2D eigenvalue weighted by atomic mass is 10.2. The van der Waals surface area contributed by atoms with Crippen molar-refractivity contribution < 1.29 is 8.42 Å². The molecule has 2 N–H and O–H groups in total. The van der Waals surface area contributed by atoms with E-state index in [0.717, 1.165) is 5.56 Å². The zero-order valence-electron chi connectivity index (χ0n) is 9.40. The fraction of sp³-hybridized carbons (Fsp3) is 0.455. The number of nitrogens with two attached hydrogens (primary N) is 1. The zero-order chi connectivity index (χ0) is 12.3. The summed E-state index contributed by atoms with van der Waals surface area (Å²) in [6.07, 6.45) is 0.462. The Morgan fingerprint density at radius 3 is 2.56 bits per heavy atom. The third-order valence-electron chi connectivity index (χ3n) is 2.56. The summed E-state index contributed by atoms with van der Waals surface area (Å²) in [5.41, 5.74) is 6.14. The van der Waals surface area contributed by atoms with Crippen molar-refractivity contribution in [1.29, 1.82) is 0 Å². The van der Waals surface area contributed by atoms with Crippen LogP contribution in [-0.4, -0.2) is 20.2 Å². The normalized spacial score (nSPS) is 13.8. The van der Waals surface area contributed by atoms with E-state index in [1.54, 1.807) is 26.0 Å². The van der Waals surface area contributed by atoms with E-state index < -0.39 is 15.1 Å². The van der Waals surface area contributed by atoms with Gasteiger partial charge in [0, 0.05) is 5.02 Å². The van der Waals surface area contributed by atoms with Crippen molar-refractivity contribution in [3.8, 4) is 0 Å². The van der Waals surface area contributed by atoms with E-state index in [-0.39, 0.29) is 0 Å².